The molecule has 1 aliphatic heterocycles. The molecule has 2 N–H and O–H groups in total. The van der Waals surface area contributed by atoms with Crippen molar-refractivity contribution in [3.8, 4) is 0 Å². The zero-order valence-corrected chi connectivity index (χ0v) is 10.0. The summed E-state index contributed by atoms with van der Waals surface area (Å²) >= 11 is 0. The van der Waals surface area contributed by atoms with E-state index in [1.165, 1.54) is 7.11 Å². The van der Waals surface area contributed by atoms with Crippen LogP contribution in [-0.2, 0) is 19.1 Å². The van der Waals surface area contributed by atoms with Gasteiger partial charge in [-0.25, -0.2) is 4.79 Å². The van der Waals surface area contributed by atoms with E-state index in [1.54, 1.807) is 0 Å². The molecule has 0 bridgehead atoms. The minimum absolute atomic E-state index is 0.00484. The number of carbonyl (C=O) groups excluding carboxylic acids is 4. The Morgan fingerprint density at radius 1 is 1.39 bits per heavy atom. The van der Waals surface area contributed by atoms with Crippen LogP contribution in [0.4, 0.5) is 4.79 Å². The number of nitrogens with one attached hydrogen (secondary N) is 2. The average Bonchev–Trinajstić information content (AvgIpc) is 2.67. The van der Waals surface area contributed by atoms with Crippen LogP contribution in [0.25, 0.3) is 0 Å². The summed E-state index contributed by atoms with van der Waals surface area (Å²) in [4.78, 5) is 45.4. The molecular formula is C10H15N3O5. The van der Waals surface area contributed by atoms with Crippen molar-refractivity contribution in [2.75, 3.05) is 26.7 Å². The number of nitrogens with zero attached hydrogens (tertiary/aromatic N) is 1. The number of esters is 1. The summed E-state index contributed by atoms with van der Waals surface area (Å²) in [5.41, 5.74) is 0. The number of carbonyl (C=O) groups is 4. The van der Waals surface area contributed by atoms with Crippen LogP contribution in [-0.4, -0.2) is 55.5 Å². The highest BCUT2D eigenvalue weighted by Crippen LogP contribution is 1.97. The number of hydrogen-bond donors (Lipinski definition) is 2. The van der Waals surface area contributed by atoms with Gasteiger partial charge < -0.3 is 15.4 Å². The van der Waals surface area contributed by atoms with Gasteiger partial charge in [0.05, 0.1) is 20.1 Å². The fourth-order valence-corrected chi connectivity index (χ4v) is 1.39. The molecule has 8 nitrogen and oxygen atoms in total. The van der Waals surface area contributed by atoms with E-state index < -0.39 is 12.0 Å². The standard InChI is InChI=1S/C10H15N3O5/c1-18-9(16)3-2-7(14)11-4-5-13-8(15)6-12-10(13)17/h2-6H2,1H3,(H,11,14)(H,12,17). The molecule has 8 heteroatoms. The summed E-state index contributed by atoms with van der Waals surface area (Å²) in [5, 5.41) is 4.88. The van der Waals surface area contributed by atoms with Gasteiger partial charge in [0, 0.05) is 19.5 Å². The number of methoxy groups -OCH3 is 1. The maximum absolute atomic E-state index is 11.3. The molecule has 4 amide bonds. The Hall–Kier alpha value is -2.12. The van der Waals surface area contributed by atoms with E-state index in [0.717, 1.165) is 4.90 Å². The zero-order valence-electron chi connectivity index (χ0n) is 10.0. The number of rotatable bonds is 6. The first kappa shape index (κ1) is 13.9. The molecule has 0 aromatic carbocycles. The fourth-order valence-electron chi connectivity index (χ4n) is 1.39. The van der Waals surface area contributed by atoms with E-state index in [-0.39, 0.29) is 44.3 Å². The van der Waals surface area contributed by atoms with Crippen LogP contribution in [0.2, 0.25) is 0 Å². The molecule has 1 heterocycles. The van der Waals surface area contributed by atoms with Gasteiger partial charge in [0.2, 0.25) is 11.8 Å². The van der Waals surface area contributed by atoms with Crippen molar-refractivity contribution in [2.45, 2.75) is 12.8 Å². The Morgan fingerprint density at radius 3 is 2.67 bits per heavy atom. The lowest BCUT2D eigenvalue weighted by molar-refractivity contribution is -0.142. The van der Waals surface area contributed by atoms with Gasteiger partial charge in [0.15, 0.2) is 0 Å². The Kier molecular flexibility index (Phi) is 5.09. The predicted octanol–water partition coefficient (Wildman–Crippen LogP) is -1.39. The van der Waals surface area contributed by atoms with E-state index in [2.05, 4.69) is 15.4 Å². The van der Waals surface area contributed by atoms with Gasteiger partial charge in [0.25, 0.3) is 0 Å². The van der Waals surface area contributed by atoms with E-state index in [0.29, 0.717) is 0 Å². The molecule has 0 aliphatic carbocycles. The highest BCUT2D eigenvalue weighted by Gasteiger charge is 2.27. The Morgan fingerprint density at radius 2 is 2.11 bits per heavy atom. The van der Waals surface area contributed by atoms with Crippen molar-refractivity contribution >= 4 is 23.8 Å². The second kappa shape index (κ2) is 6.58. The van der Waals surface area contributed by atoms with Crippen molar-refractivity contribution < 1.29 is 23.9 Å². The number of ether oxygens (including phenoxy) is 1. The molecule has 1 rings (SSSR count). The second-order valence-electron chi connectivity index (χ2n) is 3.63. The SMILES string of the molecule is COC(=O)CCC(=O)NCCN1C(=O)CNC1=O. The van der Waals surface area contributed by atoms with Gasteiger partial charge in [-0.05, 0) is 0 Å². The van der Waals surface area contributed by atoms with Gasteiger partial charge in [0.1, 0.15) is 0 Å². The van der Waals surface area contributed by atoms with Gasteiger partial charge >= 0.3 is 12.0 Å². The van der Waals surface area contributed by atoms with Crippen LogP contribution in [0.3, 0.4) is 0 Å². The van der Waals surface area contributed by atoms with Gasteiger partial charge in [-0.3, -0.25) is 19.3 Å². The van der Waals surface area contributed by atoms with Crippen LogP contribution in [0.15, 0.2) is 0 Å². The Balaban J connectivity index is 2.17. The first-order valence-corrected chi connectivity index (χ1v) is 5.46. The highest BCUT2D eigenvalue weighted by atomic mass is 16.5. The summed E-state index contributed by atoms with van der Waals surface area (Å²) in [6.45, 7) is 0.281. The largest absolute Gasteiger partial charge is 0.469 e. The molecule has 0 saturated carbocycles. The third-order valence-corrected chi connectivity index (χ3v) is 2.38. The minimum Gasteiger partial charge on any atom is -0.469 e. The lowest BCUT2D eigenvalue weighted by Gasteiger charge is -2.12. The molecule has 0 atom stereocenters. The van der Waals surface area contributed by atoms with Crippen molar-refractivity contribution in [3.63, 3.8) is 0 Å². The maximum Gasteiger partial charge on any atom is 0.324 e. The minimum atomic E-state index is -0.459. The number of amides is 4. The smallest absolute Gasteiger partial charge is 0.324 e. The second-order valence-corrected chi connectivity index (χ2v) is 3.63. The number of imide groups is 1. The van der Waals surface area contributed by atoms with Crippen molar-refractivity contribution in [1.82, 2.24) is 15.5 Å². The van der Waals surface area contributed by atoms with E-state index in [4.69, 9.17) is 0 Å². The summed E-state index contributed by atoms with van der Waals surface area (Å²) in [5.74, 6) is -1.10. The summed E-state index contributed by atoms with van der Waals surface area (Å²) in [7, 11) is 1.25. The molecule has 0 unspecified atom stereocenters. The van der Waals surface area contributed by atoms with E-state index in [9.17, 15) is 19.2 Å². The Labute approximate surface area is 104 Å². The normalized spacial score (nSPS) is 14.4. The molecule has 18 heavy (non-hydrogen) atoms. The molecule has 1 saturated heterocycles. The molecule has 100 valence electrons. The molecule has 0 spiro atoms. The summed E-state index contributed by atoms with van der Waals surface area (Å²) in [6.07, 6.45) is 0.0261. The average molecular weight is 257 g/mol. The van der Waals surface area contributed by atoms with E-state index in [1.807, 2.05) is 0 Å². The fraction of sp³-hybridized carbons (Fsp3) is 0.600. The van der Waals surface area contributed by atoms with Crippen LogP contribution < -0.4 is 10.6 Å². The monoisotopic (exact) mass is 257 g/mol. The predicted molar refractivity (Wildman–Crippen MR) is 59.4 cm³/mol. The summed E-state index contributed by atoms with van der Waals surface area (Å²) < 4.78 is 4.39. The van der Waals surface area contributed by atoms with Crippen LogP contribution >= 0.6 is 0 Å². The highest BCUT2D eigenvalue weighted by molar-refractivity contribution is 6.01. The maximum atomic E-state index is 11.3. The lowest BCUT2D eigenvalue weighted by atomic mass is 10.3. The molecule has 1 fully saturated rings. The van der Waals surface area contributed by atoms with Crippen LogP contribution in [0.1, 0.15) is 12.8 Å². The van der Waals surface area contributed by atoms with Gasteiger partial charge in [-0.15, -0.1) is 0 Å². The summed E-state index contributed by atoms with van der Waals surface area (Å²) in [6, 6.07) is -0.455. The molecule has 0 aromatic rings. The zero-order chi connectivity index (χ0) is 13.5. The van der Waals surface area contributed by atoms with Crippen molar-refractivity contribution in [1.29, 1.82) is 0 Å². The topological polar surface area (TPSA) is 105 Å². The van der Waals surface area contributed by atoms with E-state index >= 15 is 0 Å². The van der Waals surface area contributed by atoms with Crippen LogP contribution in [0.5, 0.6) is 0 Å². The third-order valence-electron chi connectivity index (χ3n) is 2.38. The first-order chi connectivity index (χ1) is 8.54. The lowest BCUT2D eigenvalue weighted by Crippen LogP contribution is -2.38. The number of urea groups is 1. The van der Waals surface area contributed by atoms with Crippen LogP contribution in [0, 0.1) is 0 Å². The van der Waals surface area contributed by atoms with Crippen molar-refractivity contribution in [2.24, 2.45) is 0 Å². The molecule has 0 radical (unpaired) electrons. The molecule has 1 aliphatic rings. The number of hydrogen-bond acceptors (Lipinski definition) is 5. The Bertz CT molecular complexity index is 353. The first-order valence-electron chi connectivity index (χ1n) is 5.46. The third kappa shape index (κ3) is 4.04. The van der Waals surface area contributed by atoms with Crippen molar-refractivity contribution in [3.05, 3.63) is 0 Å². The molecular weight excluding hydrogens is 242 g/mol. The van der Waals surface area contributed by atoms with Gasteiger partial charge in [-0.2, -0.15) is 0 Å². The van der Waals surface area contributed by atoms with Gasteiger partial charge in [-0.1, -0.05) is 0 Å². The molecule has 0 aromatic heterocycles. The quantitative estimate of drug-likeness (QED) is 0.450.